The lowest BCUT2D eigenvalue weighted by molar-refractivity contribution is 0.330. The van der Waals surface area contributed by atoms with Crippen molar-refractivity contribution in [3.8, 4) is 11.6 Å². The molecule has 0 aliphatic carbocycles. The van der Waals surface area contributed by atoms with Crippen LogP contribution in [0, 0.1) is 6.92 Å². The highest BCUT2D eigenvalue weighted by Gasteiger charge is 2.11. The Bertz CT molecular complexity index is 720. The lowest BCUT2D eigenvalue weighted by atomic mass is 10.2. The van der Waals surface area contributed by atoms with E-state index in [4.69, 9.17) is 4.74 Å². The fourth-order valence-electron chi connectivity index (χ4n) is 2.02. The van der Waals surface area contributed by atoms with Gasteiger partial charge in [0, 0.05) is 5.69 Å². The van der Waals surface area contributed by atoms with Gasteiger partial charge in [0.25, 0.3) is 0 Å². The lowest BCUT2D eigenvalue weighted by Gasteiger charge is -2.05. The van der Waals surface area contributed by atoms with E-state index in [0.717, 1.165) is 11.3 Å². The first-order chi connectivity index (χ1) is 9.29. The highest BCUT2D eigenvalue weighted by atomic mass is 16.5. The van der Waals surface area contributed by atoms with Crippen molar-refractivity contribution in [2.75, 3.05) is 6.61 Å². The molecule has 2 heterocycles. The third kappa shape index (κ3) is 2.03. The smallest absolute Gasteiger partial charge is 0.245 e. The van der Waals surface area contributed by atoms with E-state index in [-0.39, 0.29) is 0 Å². The Morgan fingerprint density at radius 3 is 2.89 bits per heavy atom. The number of ether oxygens (including phenoxy) is 1. The second kappa shape index (κ2) is 4.68. The fraction of sp³-hybridized carbons (Fsp3) is 0.214. The minimum atomic E-state index is 0.527. The molecule has 0 fully saturated rings. The number of aromatic nitrogens is 4. The number of hydrogen-bond acceptors (Lipinski definition) is 4. The van der Waals surface area contributed by atoms with Gasteiger partial charge in [0.05, 0.1) is 6.61 Å². The molecule has 0 saturated heterocycles. The largest absolute Gasteiger partial charge is 0.476 e. The molecule has 0 aliphatic rings. The van der Waals surface area contributed by atoms with Crippen LogP contribution < -0.4 is 4.74 Å². The normalized spacial score (nSPS) is 10.8. The molecular weight excluding hydrogens is 240 g/mol. The molecule has 0 aliphatic heterocycles. The maximum atomic E-state index is 5.47. The van der Waals surface area contributed by atoms with Gasteiger partial charge in [-0.15, -0.1) is 0 Å². The summed E-state index contributed by atoms with van der Waals surface area (Å²) in [6.45, 7) is 4.54. The topological polar surface area (TPSA) is 52.8 Å². The molecule has 96 valence electrons. The van der Waals surface area contributed by atoms with Gasteiger partial charge in [0.2, 0.25) is 5.88 Å². The zero-order valence-electron chi connectivity index (χ0n) is 10.9. The minimum Gasteiger partial charge on any atom is -0.476 e. The zero-order chi connectivity index (χ0) is 13.2. The molecule has 0 amide bonds. The van der Waals surface area contributed by atoms with Crippen molar-refractivity contribution < 1.29 is 4.74 Å². The van der Waals surface area contributed by atoms with Gasteiger partial charge < -0.3 is 4.74 Å². The van der Waals surface area contributed by atoms with Crippen LogP contribution in [0.1, 0.15) is 12.5 Å². The summed E-state index contributed by atoms with van der Waals surface area (Å²) in [7, 11) is 0. The molecule has 2 aromatic heterocycles. The van der Waals surface area contributed by atoms with Gasteiger partial charge in [0.15, 0.2) is 11.2 Å². The van der Waals surface area contributed by atoms with Crippen LogP contribution in [0.5, 0.6) is 5.88 Å². The molecule has 3 rings (SSSR count). The SMILES string of the molecule is CCOc1ncnc2c1ncn2-c1cccc(C)c1. The molecule has 0 N–H and O–H groups in total. The first-order valence-corrected chi connectivity index (χ1v) is 6.17. The Kier molecular flexibility index (Phi) is 2.87. The van der Waals surface area contributed by atoms with Gasteiger partial charge in [-0.05, 0) is 31.5 Å². The molecule has 5 nitrogen and oxygen atoms in total. The van der Waals surface area contributed by atoms with Crippen LogP contribution in [-0.4, -0.2) is 26.1 Å². The van der Waals surface area contributed by atoms with E-state index < -0.39 is 0 Å². The average Bonchev–Trinajstić information content (AvgIpc) is 2.84. The van der Waals surface area contributed by atoms with E-state index in [1.807, 2.05) is 23.6 Å². The number of hydrogen-bond donors (Lipinski definition) is 0. The van der Waals surface area contributed by atoms with Crippen LogP contribution in [-0.2, 0) is 0 Å². The minimum absolute atomic E-state index is 0.527. The summed E-state index contributed by atoms with van der Waals surface area (Å²) in [5.41, 5.74) is 3.66. The summed E-state index contributed by atoms with van der Waals surface area (Å²) >= 11 is 0. The van der Waals surface area contributed by atoms with Crippen LogP contribution in [0.15, 0.2) is 36.9 Å². The molecule has 0 atom stereocenters. The van der Waals surface area contributed by atoms with Gasteiger partial charge >= 0.3 is 0 Å². The number of aryl methyl sites for hydroxylation is 1. The highest BCUT2D eigenvalue weighted by molar-refractivity contribution is 5.77. The van der Waals surface area contributed by atoms with Crippen LogP contribution >= 0.6 is 0 Å². The first-order valence-electron chi connectivity index (χ1n) is 6.17. The zero-order valence-corrected chi connectivity index (χ0v) is 10.9. The molecule has 5 heteroatoms. The molecule has 0 radical (unpaired) electrons. The van der Waals surface area contributed by atoms with E-state index in [2.05, 4.69) is 34.0 Å². The number of nitrogens with zero attached hydrogens (tertiary/aromatic N) is 4. The Morgan fingerprint density at radius 1 is 1.21 bits per heavy atom. The van der Waals surface area contributed by atoms with E-state index >= 15 is 0 Å². The quantitative estimate of drug-likeness (QED) is 0.720. The number of fused-ring (bicyclic) bond motifs is 1. The number of imidazole rings is 1. The summed E-state index contributed by atoms with van der Waals surface area (Å²) in [4.78, 5) is 12.8. The summed E-state index contributed by atoms with van der Waals surface area (Å²) in [5.74, 6) is 0.527. The second-order valence-electron chi connectivity index (χ2n) is 4.24. The molecule has 0 unspecified atom stereocenters. The van der Waals surface area contributed by atoms with Gasteiger partial charge in [-0.2, -0.15) is 4.98 Å². The molecule has 0 spiro atoms. The van der Waals surface area contributed by atoms with Crippen LogP contribution in [0.3, 0.4) is 0 Å². The summed E-state index contributed by atoms with van der Waals surface area (Å²) in [6.07, 6.45) is 3.25. The Balaban J connectivity index is 2.18. The van der Waals surface area contributed by atoms with Crippen molar-refractivity contribution in [3.05, 3.63) is 42.5 Å². The van der Waals surface area contributed by atoms with Gasteiger partial charge in [-0.1, -0.05) is 12.1 Å². The third-order valence-electron chi connectivity index (χ3n) is 2.86. The Hall–Kier alpha value is -2.43. The van der Waals surface area contributed by atoms with E-state index in [0.29, 0.717) is 18.0 Å². The molecule has 0 saturated carbocycles. The van der Waals surface area contributed by atoms with Crippen LogP contribution in [0.25, 0.3) is 16.9 Å². The molecule has 1 aromatic carbocycles. The van der Waals surface area contributed by atoms with Gasteiger partial charge in [-0.3, -0.25) is 4.57 Å². The van der Waals surface area contributed by atoms with Crippen molar-refractivity contribution in [2.24, 2.45) is 0 Å². The predicted molar refractivity (Wildman–Crippen MR) is 72.6 cm³/mol. The Labute approximate surface area is 110 Å². The molecular formula is C14H14N4O. The van der Waals surface area contributed by atoms with Gasteiger partial charge in [0.1, 0.15) is 12.7 Å². The lowest BCUT2D eigenvalue weighted by Crippen LogP contribution is -1.98. The molecule has 0 bridgehead atoms. The van der Waals surface area contributed by atoms with E-state index in [1.54, 1.807) is 6.33 Å². The fourth-order valence-corrected chi connectivity index (χ4v) is 2.02. The van der Waals surface area contributed by atoms with Crippen LogP contribution in [0.4, 0.5) is 0 Å². The van der Waals surface area contributed by atoms with E-state index in [1.165, 1.54) is 11.9 Å². The maximum Gasteiger partial charge on any atom is 0.245 e. The van der Waals surface area contributed by atoms with Crippen molar-refractivity contribution >= 4 is 11.2 Å². The second-order valence-corrected chi connectivity index (χ2v) is 4.24. The third-order valence-corrected chi connectivity index (χ3v) is 2.86. The van der Waals surface area contributed by atoms with Crippen molar-refractivity contribution in [3.63, 3.8) is 0 Å². The maximum absolute atomic E-state index is 5.47. The molecule has 19 heavy (non-hydrogen) atoms. The van der Waals surface area contributed by atoms with Crippen molar-refractivity contribution in [2.45, 2.75) is 13.8 Å². The molecule has 3 aromatic rings. The number of rotatable bonds is 3. The van der Waals surface area contributed by atoms with Crippen molar-refractivity contribution in [1.29, 1.82) is 0 Å². The van der Waals surface area contributed by atoms with E-state index in [9.17, 15) is 0 Å². The van der Waals surface area contributed by atoms with Gasteiger partial charge in [-0.25, -0.2) is 9.97 Å². The first kappa shape index (κ1) is 11.6. The standard InChI is InChI=1S/C14H14N4O/c1-3-19-14-12-13(15-8-16-14)18(9-17-12)11-6-4-5-10(2)7-11/h4-9H,3H2,1-2H3. The predicted octanol–water partition coefficient (Wildman–Crippen LogP) is 2.52. The summed E-state index contributed by atoms with van der Waals surface area (Å²) in [6, 6.07) is 8.19. The van der Waals surface area contributed by atoms with Crippen LogP contribution in [0.2, 0.25) is 0 Å². The van der Waals surface area contributed by atoms with Crippen molar-refractivity contribution in [1.82, 2.24) is 19.5 Å². The number of benzene rings is 1. The summed E-state index contributed by atoms with van der Waals surface area (Å²) in [5, 5.41) is 0. The Morgan fingerprint density at radius 2 is 2.11 bits per heavy atom. The monoisotopic (exact) mass is 254 g/mol. The highest BCUT2D eigenvalue weighted by Crippen LogP contribution is 2.22. The summed E-state index contributed by atoms with van der Waals surface area (Å²) < 4.78 is 7.40. The average molecular weight is 254 g/mol.